The van der Waals surface area contributed by atoms with Gasteiger partial charge in [-0.05, 0) is 49.7 Å². The predicted molar refractivity (Wildman–Crippen MR) is 99.6 cm³/mol. The monoisotopic (exact) mass is 357 g/mol. The van der Waals surface area contributed by atoms with Crippen molar-refractivity contribution < 1.29 is 19.1 Å². The molecule has 2 N–H and O–H groups in total. The molecular weight excluding hydrogens is 334 g/mol. The molecule has 138 valence electrons. The fraction of sp³-hybridized carbons (Fsp3) is 0.316. The number of rotatable bonds is 9. The van der Waals surface area contributed by atoms with Gasteiger partial charge in [0.1, 0.15) is 5.69 Å². The topological polar surface area (TPSA) is 89.5 Å². The average molecular weight is 357 g/mol. The van der Waals surface area contributed by atoms with E-state index in [0.29, 0.717) is 30.2 Å². The normalized spacial score (nSPS) is 10.2. The summed E-state index contributed by atoms with van der Waals surface area (Å²) in [5, 5.41) is 5.95. The molecule has 0 saturated heterocycles. The number of ether oxygens (including phenoxy) is 2. The first kappa shape index (κ1) is 19.4. The number of esters is 1. The molecular formula is C19H23N3O4. The van der Waals surface area contributed by atoms with Gasteiger partial charge in [-0.15, -0.1) is 0 Å². The minimum atomic E-state index is -0.388. The van der Waals surface area contributed by atoms with Crippen LogP contribution < -0.4 is 10.6 Å². The molecule has 1 aromatic heterocycles. The maximum absolute atomic E-state index is 12.2. The van der Waals surface area contributed by atoms with Crippen molar-refractivity contribution in [2.75, 3.05) is 37.5 Å². The highest BCUT2D eigenvalue weighted by Gasteiger charge is 2.09. The molecule has 0 radical (unpaired) electrons. The van der Waals surface area contributed by atoms with Crippen LogP contribution in [0.25, 0.3) is 0 Å². The SMILES string of the molecule is CCOC(=O)c1ccc(NC(=O)c2ccc(NCCCOC)cn2)cc1. The molecule has 2 rings (SSSR count). The molecule has 0 aliphatic carbocycles. The fourth-order valence-electron chi connectivity index (χ4n) is 2.18. The summed E-state index contributed by atoms with van der Waals surface area (Å²) in [5.74, 6) is -0.708. The van der Waals surface area contributed by atoms with E-state index in [9.17, 15) is 9.59 Å². The van der Waals surface area contributed by atoms with E-state index < -0.39 is 0 Å². The molecule has 0 aliphatic heterocycles. The Morgan fingerprint density at radius 3 is 2.42 bits per heavy atom. The van der Waals surface area contributed by atoms with Gasteiger partial charge in [-0.2, -0.15) is 0 Å². The Balaban J connectivity index is 1.89. The van der Waals surface area contributed by atoms with Crippen molar-refractivity contribution in [1.29, 1.82) is 0 Å². The van der Waals surface area contributed by atoms with Crippen LogP contribution in [0.3, 0.4) is 0 Å². The maximum atomic E-state index is 12.2. The maximum Gasteiger partial charge on any atom is 0.338 e. The number of amides is 1. The summed E-state index contributed by atoms with van der Waals surface area (Å²) in [6.45, 7) is 3.53. The first-order chi connectivity index (χ1) is 12.6. The lowest BCUT2D eigenvalue weighted by atomic mass is 10.2. The minimum Gasteiger partial charge on any atom is -0.462 e. The van der Waals surface area contributed by atoms with Crippen molar-refractivity contribution in [3.8, 4) is 0 Å². The number of carbonyl (C=O) groups is 2. The van der Waals surface area contributed by atoms with Crippen LogP contribution in [-0.4, -0.2) is 43.7 Å². The average Bonchev–Trinajstić information content (AvgIpc) is 2.66. The number of aromatic nitrogens is 1. The molecule has 7 nitrogen and oxygen atoms in total. The molecule has 2 aromatic rings. The molecule has 26 heavy (non-hydrogen) atoms. The number of pyridine rings is 1. The summed E-state index contributed by atoms with van der Waals surface area (Å²) < 4.78 is 9.91. The predicted octanol–water partition coefficient (Wildman–Crippen LogP) is 2.96. The lowest BCUT2D eigenvalue weighted by molar-refractivity contribution is 0.0526. The summed E-state index contributed by atoms with van der Waals surface area (Å²) in [6, 6.07) is 9.97. The number of hydrogen-bond donors (Lipinski definition) is 2. The van der Waals surface area contributed by atoms with Crippen LogP contribution in [0.1, 0.15) is 34.2 Å². The quantitative estimate of drug-likeness (QED) is 0.530. The summed E-state index contributed by atoms with van der Waals surface area (Å²) in [5.41, 5.74) is 2.16. The van der Waals surface area contributed by atoms with Gasteiger partial charge in [0.15, 0.2) is 0 Å². The zero-order valence-corrected chi connectivity index (χ0v) is 15.0. The van der Waals surface area contributed by atoms with Crippen molar-refractivity contribution in [2.45, 2.75) is 13.3 Å². The second-order valence-corrected chi connectivity index (χ2v) is 5.46. The van der Waals surface area contributed by atoms with Gasteiger partial charge in [0, 0.05) is 25.9 Å². The molecule has 0 unspecified atom stereocenters. The zero-order valence-electron chi connectivity index (χ0n) is 15.0. The van der Waals surface area contributed by atoms with Gasteiger partial charge in [-0.3, -0.25) is 4.79 Å². The van der Waals surface area contributed by atoms with E-state index in [1.165, 1.54) is 0 Å². The lowest BCUT2D eigenvalue weighted by Gasteiger charge is -2.08. The first-order valence-corrected chi connectivity index (χ1v) is 8.41. The highest BCUT2D eigenvalue weighted by atomic mass is 16.5. The third kappa shape index (κ3) is 5.86. The van der Waals surface area contributed by atoms with Gasteiger partial charge in [-0.1, -0.05) is 0 Å². The standard InChI is InChI=1S/C19H23N3O4/c1-3-26-19(24)14-5-7-15(8-6-14)22-18(23)17-10-9-16(13-21-17)20-11-4-12-25-2/h5-10,13,20H,3-4,11-12H2,1-2H3,(H,22,23). The summed E-state index contributed by atoms with van der Waals surface area (Å²) in [6.07, 6.45) is 2.51. The fourth-order valence-corrected chi connectivity index (χ4v) is 2.18. The van der Waals surface area contributed by atoms with Crippen molar-refractivity contribution >= 4 is 23.3 Å². The number of carbonyl (C=O) groups excluding carboxylic acids is 2. The zero-order chi connectivity index (χ0) is 18.8. The van der Waals surface area contributed by atoms with E-state index in [-0.39, 0.29) is 11.9 Å². The smallest absolute Gasteiger partial charge is 0.338 e. The van der Waals surface area contributed by atoms with Crippen LogP contribution >= 0.6 is 0 Å². The molecule has 0 atom stereocenters. The summed E-state index contributed by atoms with van der Waals surface area (Å²) in [7, 11) is 1.67. The molecule has 1 aromatic carbocycles. The molecule has 0 saturated carbocycles. The van der Waals surface area contributed by atoms with E-state index in [1.807, 2.05) is 0 Å². The van der Waals surface area contributed by atoms with Crippen LogP contribution in [0.15, 0.2) is 42.6 Å². The number of nitrogens with zero attached hydrogens (tertiary/aromatic N) is 1. The van der Waals surface area contributed by atoms with E-state index in [4.69, 9.17) is 9.47 Å². The van der Waals surface area contributed by atoms with Crippen molar-refractivity contribution in [3.05, 3.63) is 53.9 Å². The molecule has 0 bridgehead atoms. The Bertz CT molecular complexity index is 715. The summed E-state index contributed by atoms with van der Waals surface area (Å²) >= 11 is 0. The van der Waals surface area contributed by atoms with Gasteiger partial charge in [0.25, 0.3) is 5.91 Å². The van der Waals surface area contributed by atoms with Gasteiger partial charge in [-0.25, -0.2) is 9.78 Å². The summed E-state index contributed by atoms with van der Waals surface area (Å²) in [4.78, 5) is 28.0. The van der Waals surface area contributed by atoms with E-state index in [1.54, 1.807) is 56.6 Å². The second-order valence-electron chi connectivity index (χ2n) is 5.46. The van der Waals surface area contributed by atoms with Gasteiger partial charge >= 0.3 is 5.97 Å². The van der Waals surface area contributed by atoms with E-state index in [2.05, 4.69) is 15.6 Å². The van der Waals surface area contributed by atoms with Crippen LogP contribution in [0.2, 0.25) is 0 Å². The van der Waals surface area contributed by atoms with Crippen LogP contribution in [0.4, 0.5) is 11.4 Å². The van der Waals surface area contributed by atoms with Gasteiger partial charge < -0.3 is 20.1 Å². The van der Waals surface area contributed by atoms with Crippen molar-refractivity contribution in [3.63, 3.8) is 0 Å². The Morgan fingerprint density at radius 2 is 1.81 bits per heavy atom. The largest absolute Gasteiger partial charge is 0.462 e. The molecule has 0 spiro atoms. The minimum absolute atomic E-state index is 0.307. The molecule has 1 amide bonds. The highest BCUT2D eigenvalue weighted by Crippen LogP contribution is 2.13. The Morgan fingerprint density at radius 1 is 1.08 bits per heavy atom. The van der Waals surface area contributed by atoms with Crippen LogP contribution in [0, 0.1) is 0 Å². The molecule has 1 heterocycles. The van der Waals surface area contributed by atoms with Crippen molar-refractivity contribution in [1.82, 2.24) is 4.98 Å². The number of methoxy groups -OCH3 is 1. The van der Waals surface area contributed by atoms with E-state index >= 15 is 0 Å². The van der Waals surface area contributed by atoms with E-state index in [0.717, 1.165) is 18.7 Å². The Kier molecular flexibility index (Phi) is 7.57. The third-order valence-corrected chi connectivity index (χ3v) is 3.50. The molecule has 7 heteroatoms. The number of hydrogen-bond acceptors (Lipinski definition) is 6. The van der Waals surface area contributed by atoms with Crippen LogP contribution in [0.5, 0.6) is 0 Å². The lowest BCUT2D eigenvalue weighted by Crippen LogP contribution is -2.14. The highest BCUT2D eigenvalue weighted by molar-refractivity contribution is 6.03. The Hall–Kier alpha value is -2.93. The van der Waals surface area contributed by atoms with Crippen LogP contribution in [-0.2, 0) is 9.47 Å². The molecule has 0 aliphatic rings. The Labute approximate surface area is 152 Å². The van der Waals surface area contributed by atoms with Gasteiger partial charge in [0.05, 0.1) is 24.1 Å². The molecule has 0 fully saturated rings. The second kappa shape index (κ2) is 10.1. The first-order valence-electron chi connectivity index (χ1n) is 8.41. The van der Waals surface area contributed by atoms with Gasteiger partial charge in [0.2, 0.25) is 0 Å². The number of anilines is 2. The third-order valence-electron chi connectivity index (χ3n) is 3.50. The van der Waals surface area contributed by atoms with Crippen molar-refractivity contribution in [2.24, 2.45) is 0 Å². The number of benzene rings is 1. The number of nitrogens with one attached hydrogen (secondary N) is 2.